The fourth-order valence-corrected chi connectivity index (χ4v) is 4.24. The molecule has 164 valence electrons. The average molecular weight is 418 g/mol. The molecule has 1 aliphatic heterocycles. The SMILES string of the molecule is CCOc1ccc(CN(CC)C(=O)CCN2C(=O)NC3(CCCC3)C2=O)cc1OC. The molecule has 1 saturated carbocycles. The molecule has 8 nitrogen and oxygen atoms in total. The van der Waals surface area contributed by atoms with Crippen LogP contribution in [0.3, 0.4) is 0 Å². The molecule has 0 radical (unpaired) electrons. The first-order chi connectivity index (χ1) is 14.4. The van der Waals surface area contributed by atoms with Gasteiger partial charge in [-0.1, -0.05) is 18.9 Å². The minimum absolute atomic E-state index is 0.0988. The van der Waals surface area contributed by atoms with Crippen molar-refractivity contribution in [3.63, 3.8) is 0 Å². The predicted molar refractivity (Wildman–Crippen MR) is 111 cm³/mol. The first-order valence-corrected chi connectivity index (χ1v) is 10.7. The van der Waals surface area contributed by atoms with Gasteiger partial charge in [0.1, 0.15) is 5.54 Å². The molecule has 0 bridgehead atoms. The maximum atomic E-state index is 12.8. The van der Waals surface area contributed by atoms with Crippen LogP contribution in [-0.2, 0) is 16.1 Å². The molecular weight excluding hydrogens is 386 g/mol. The molecule has 0 unspecified atom stereocenters. The normalized spacial score (nSPS) is 17.4. The Morgan fingerprint density at radius 3 is 2.57 bits per heavy atom. The monoisotopic (exact) mass is 417 g/mol. The van der Waals surface area contributed by atoms with E-state index in [0.29, 0.717) is 44.0 Å². The number of urea groups is 1. The first kappa shape index (κ1) is 21.9. The molecule has 1 aromatic carbocycles. The summed E-state index contributed by atoms with van der Waals surface area (Å²) in [5, 5.41) is 2.85. The van der Waals surface area contributed by atoms with E-state index in [9.17, 15) is 14.4 Å². The van der Waals surface area contributed by atoms with Crippen molar-refractivity contribution in [2.75, 3.05) is 26.8 Å². The maximum Gasteiger partial charge on any atom is 0.325 e. The Morgan fingerprint density at radius 2 is 1.93 bits per heavy atom. The molecule has 2 aliphatic rings. The van der Waals surface area contributed by atoms with Gasteiger partial charge in [-0.2, -0.15) is 0 Å². The minimum Gasteiger partial charge on any atom is -0.493 e. The van der Waals surface area contributed by atoms with Crippen LogP contribution in [0.1, 0.15) is 51.5 Å². The fourth-order valence-electron chi connectivity index (χ4n) is 4.24. The van der Waals surface area contributed by atoms with Crippen LogP contribution in [0.4, 0.5) is 4.79 Å². The first-order valence-electron chi connectivity index (χ1n) is 10.7. The van der Waals surface area contributed by atoms with Crippen molar-refractivity contribution in [1.82, 2.24) is 15.1 Å². The molecule has 30 heavy (non-hydrogen) atoms. The van der Waals surface area contributed by atoms with Crippen molar-refractivity contribution in [3.8, 4) is 11.5 Å². The van der Waals surface area contributed by atoms with Gasteiger partial charge in [-0.15, -0.1) is 0 Å². The zero-order valence-corrected chi connectivity index (χ0v) is 18.0. The lowest BCUT2D eigenvalue weighted by atomic mass is 9.98. The number of methoxy groups -OCH3 is 1. The Labute approximate surface area is 177 Å². The van der Waals surface area contributed by atoms with E-state index >= 15 is 0 Å². The van der Waals surface area contributed by atoms with Crippen LogP contribution >= 0.6 is 0 Å². The molecule has 1 aliphatic carbocycles. The highest BCUT2D eigenvalue weighted by Crippen LogP contribution is 2.35. The molecule has 1 heterocycles. The number of benzene rings is 1. The van der Waals surface area contributed by atoms with Crippen LogP contribution < -0.4 is 14.8 Å². The number of ether oxygens (including phenoxy) is 2. The second-order valence-corrected chi connectivity index (χ2v) is 7.75. The van der Waals surface area contributed by atoms with E-state index in [1.165, 1.54) is 4.90 Å². The van der Waals surface area contributed by atoms with E-state index in [2.05, 4.69) is 5.32 Å². The highest BCUT2D eigenvalue weighted by atomic mass is 16.5. The summed E-state index contributed by atoms with van der Waals surface area (Å²) in [4.78, 5) is 40.7. The number of hydrogen-bond acceptors (Lipinski definition) is 5. The summed E-state index contributed by atoms with van der Waals surface area (Å²) in [7, 11) is 1.58. The van der Waals surface area contributed by atoms with Crippen LogP contribution in [0, 0.1) is 0 Å². The summed E-state index contributed by atoms with van der Waals surface area (Å²) in [5.74, 6) is 1.01. The Balaban J connectivity index is 1.60. The van der Waals surface area contributed by atoms with Gasteiger partial charge in [0.25, 0.3) is 5.91 Å². The lowest BCUT2D eigenvalue weighted by molar-refractivity contribution is -0.133. The maximum absolute atomic E-state index is 12.8. The standard InChI is InChI=1S/C22H31N3O5/c1-4-24(15-16-8-9-17(30-5-2)18(14-16)29-3)19(26)10-13-25-20(27)22(23-21(25)28)11-6-7-12-22/h8-9,14H,4-7,10-13,15H2,1-3H3,(H,23,28). The van der Waals surface area contributed by atoms with Crippen LogP contribution in [0.5, 0.6) is 11.5 Å². The molecule has 0 atom stereocenters. The predicted octanol–water partition coefficient (Wildman–Crippen LogP) is 2.70. The number of imide groups is 1. The van der Waals surface area contributed by atoms with Crippen molar-refractivity contribution in [3.05, 3.63) is 23.8 Å². The number of nitrogens with one attached hydrogen (secondary N) is 1. The minimum atomic E-state index is -0.733. The highest BCUT2D eigenvalue weighted by Gasteiger charge is 2.52. The third-order valence-electron chi connectivity index (χ3n) is 5.89. The van der Waals surface area contributed by atoms with E-state index in [4.69, 9.17) is 9.47 Å². The molecule has 1 spiro atoms. The topological polar surface area (TPSA) is 88.2 Å². The number of carbonyl (C=O) groups excluding carboxylic acids is 3. The van der Waals surface area contributed by atoms with E-state index in [1.54, 1.807) is 12.0 Å². The number of hydrogen-bond donors (Lipinski definition) is 1. The van der Waals surface area contributed by atoms with Gasteiger partial charge >= 0.3 is 6.03 Å². The number of rotatable bonds is 9. The van der Waals surface area contributed by atoms with Crippen molar-refractivity contribution in [2.24, 2.45) is 0 Å². The van der Waals surface area contributed by atoms with Crippen LogP contribution in [-0.4, -0.2) is 60.0 Å². The lowest BCUT2D eigenvalue weighted by Gasteiger charge is -2.23. The Bertz CT molecular complexity index is 804. The van der Waals surface area contributed by atoms with Gasteiger partial charge in [0.05, 0.1) is 13.7 Å². The Kier molecular flexibility index (Phi) is 6.84. The van der Waals surface area contributed by atoms with E-state index in [1.807, 2.05) is 32.0 Å². The zero-order valence-electron chi connectivity index (χ0n) is 18.0. The largest absolute Gasteiger partial charge is 0.493 e. The molecule has 3 rings (SSSR count). The third-order valence-corrected chi connectivity index (χ3v) is 5.89. The van der Waals surface area contributed by atoms with Gasteiger partial charge in [-0.25, -0.2) is 4.79 Å². The number of nitrogens with zero attached hydrogens (tertiary/aromatic N) is 2. The molecule has 1 saturated heterocycles. The van der Waals surface area contributed by atoms with Gasteiger partial charge in [0.15, 0.2) is 11.5 Å². The zero-order chi connectivity index (χ0) is 21.7. The van der Waals surface area contributed by atoms with Gasteiger partial charge in [-0.05, 0) is 44.4 Å². The van der Waals surface area contributed by atoms with Crippen LogP contribution in [0.25, 0.3) is 0 Å². The Morgan fingerprint density at radius 1 is 1.20 bits per heavy atom. The summed E-state index contributed by atoms with van der Waals surface area (Å²) in [6, 6.07) is 5.23. The van der Waals surface area contributed by atoms with E-state index in [0.717, 1.165) is 18.4 Å². The summed E-state index contributed by atoms with van der Waals surface area (Å²) in [6.45, 7) is 5.41. The van der Waals surface area contributed by atoms with Gasteiger partial charge in [0.2, 0.25) is 5.91 Å². The van der Waals surface area contributed by atoms with Crippen molar-refractivity contribution >= 4 is 17.8 Å². The van der Waals surface area contributed by atoms with E-state index in [-0.39, 0.29) is 30.8 Å². The van der Waals surface area contributed by atoms with Crippen molar-refractivity contribution in [1.29, 1.82) is 0 Å². The summed E-state index contributed by atoms with van der Waals surface area (Å²) >= 11 is 0. The molecular formula is C22H31N3O5. The summed E-state index contributed by atoms with van der Waals surface area (Å²) in [6.07, 6.45) is 3.35. The highest BCUT2D eigenvalue weighted by molar-refractivity contribution is 6.07. The smallest absolute Gasteiger partial charge is 0.325 e. The van der Waals surface area contributed by atoms with Crippen LogP contribution in [0.2, 0.25) is 0 Å². The number of carbonyl (C=O) groups is 3. The van der Waals surface area contributed by atoms with E-state index < -0.39 is 5.54 Å². The molecule has 1 aromatic rings. The second-order valence-electron chi connectivity index (χ2n) is 7.75. The quantitative estimate of drug-likeness (QED) is 0.624. The van der Waals surface area contributed by atoms with Gasteiger partial charge in [0, 0.05) is 26.1 Å². The van der Waals surface area contributed by atoms with Crippen molar-refractivity contribution in [2.45, 2.75) is 58.0 Å². The van der Waals surface area contributed by atoms with Gasteiger partial charge < -0.3 is 19.7 Å². The summed E-state index contributed by atoms with van der Waals surface area (Å²) < 4.78 is 10.9. The fraction of sp³-hybridized carbons (Fsp3) is 0.591. The summed E-state index contributed by atoms with van der Waals surface area (Å²) in [5.41, 5.74) is 0.189. The molecule has 2 fully saturated rings. The number of amides is 4. The molecule has 4 amide bonds. The Hall–Kier alpha value is -2.77. The molecule has 8 heteroatoms. The lowest BCUT2D eigenvalue weighted by Crippen LogP contribution is -2.44. The van der Waals surface area contributed by atoms with Gasteiger partial charge in [-0.3, -0.25) is 14.5 Å². The van der Waals surface area contributed by atoms with Crippen molar-refractivity contribution < 1.29 is 23.9 Å². The molecule has 1 N–H and O–H groups in total. The molecule has 0 aromatic heterocycles. The van der Waals surface area contributed by atoms with Crippen LogP contribution in [0.15, 0.2) is 18.2 Å². The third kappa shape index (κ3) is 4.37. The second kappa shape index (κ2) is 9.36. The average Bonchev–Trinajstić information content (AvgIpc) is 3.30.